The molecule has 0 atom stereocenters. The lowest BCUT2D eigenvalue weighted by Gasteiger charge is -2.09. The quantitative estimate of drug-likeness (QED) is 0.730. The lowest BCUT2D eigenvalue weighted by Crippen LogP contribution is -1.94. The van der Waals surface area contributed by atoms with Crippen molar-refractivity contribution in [3.63, 3.8) is 0 Å². The third kappa shape index (κ3) is 2.16. The molecule has 4 heteroatoms. The number of ether oxygens (including phenoxy) is 1. The van der Waals surface area contributed by atoms with Gasteiger partial charge in [0.05, 0.1) is 19.0 Å². The number of aromatic nitrogens is 3. The number of pyridine rings is 1. The van der Waals surface area contributed by atoms with Crippen LogP contribution in [-0.4, -0.2) is 21.9 Å². The van der Waals surface area contributed by atoms with Gasteiger partial charge in [-0.05, 0) is 23.8 Å². The van der Waals surface area contributed by atoms with E-state index in [9.17, 15) is 0 Å². The Morgan fingerprint density at radius 2 is 1.90 bits per heavy atom. The summed E-state index contributed by atoms with van der Waals surface area (Å²) in [6, 6.07) is 12.3. The van der Waals surface area contributed by atoms with E-state index in [1.54, 1.807) is 25.7 Å². The Morgan fingerprint density at radius 1 is 1.05 bits per heavy atom. The zero-order valence-electron chi connectivity index (χ0n) is 11.4. The Labute approximate surface area is 117 Å². The minimum atomic E-state index is 0.773. The molecule has 0 radical (unpaired) electrons. The maximum atomic E-state index is 5.37. The third-order valence-corrected chi connectivity index (χ3v) is 3.29. The average molecular weight is 265 g/mol. The van der Waals surface area contributed by atoms with E-state index >= 15 is 0 Å². The summed E-state index contributed by atoms with van der Waals surface area (Å²) < 4.78 is 7.24. The highest BCUT2D eigenvalue weighted by Crippen LogP contribution is 2.31. The monoisotopic (exact) mass is 265 g/mol. The molecule has 0 aliphatic heterocycles. The van der Waals surface area contributed by atoms with Crippen molar-refractivity contribution in [3.05, 3.63) is 55.0 Å². The summed E-state index contributed by atoms with van der Waals surface area (Å²) in [5.74, 6) is 0.773. The van der Waals surface area contributed by atoms with E-state index in [-0.39, 0.29) is 0 Å². The van der Waals surface area contributed by atoms with Gasteiger partial charge >= 0.3 is 0 Å². The summed E-state index contributed by atoms with van der Waals surface area (Å²) in [6.45, 7) is 0. The number of hydrogen-bond donors (Lipinski definition) is 0. The molecule has 100 valence electrons. The SMILES string of the molecule is COc1cnccc1-c1cccc(-c2ccnn2C)c1. The summed E-state index contributed by atoms with van der Waals surface area (Å²) in [7, 11) is 3.60. The Hall–Kier alpha value is -2.62. The molecule has 0 aliphatic rings. The minimum absolute atomic E-state index is 0.773. The van der Waals surface area contributed by atoms with Gasteiger partial charge in [0.1, 0.15) is 5.75 Å². The first-order valence-electron chi connectivity index (χ1n) is 6.36. The molecule has 1 aromatic carbocycles. The third-order valence-electron chi connectivity index (χ3n) is 3.29. The molecular formula is C16H15N3O. The van der Waals surface area contributed by atoms with Crippen molar-refractivity contribution >= 4 is 0 Å². The van der Waals surface area contributed by atoms with Gasteiger partial charge in [-0.15, -0.1) is 0 Å². The van der Waals surface area contributed by atoms with Crippen LogP contribution in [0, 0.1) is 0 Å². The molecule has 0 saturated carbocycles. The molecule has 0 spiro atoms. The van der Waals surface area contributed by atoms with Crippen LogP contribution >= 0.6 is 0 Å². The number of hydrogen-bond acceptors (Lipinski definition) is 3. The molecule has 0 unspecified atom stereocenters. The number of aryl methyl sites for hydroxylation is 1. The van der Waals surface area contributed by atoms with E-state index in [0.717, 1.165) is 28.1 Å². The highest BCUT2D eigenvalue weighted by Gasteiger charge is 2.08. The Morgan fingerprint density at radius 3 is 2.65 bits per heavy atom. The summed E-state index contributed by atoms with van der Waals surface area (Å²) in [6.07, 6.45) is 5.30. The predicted octanol–water partition coefficient (Wildman–Crippen LogP) is 3.16. The van der Waals surface area contributed by atoms with Gasteiger partial charge in [0.2, 0.25) is 0 Å². The fraction of sp³-hybridized carbons (Fsp3) is 0.125. The molecule has 3 rings (SSSR count). The van der Waals surface area contributed by atoms with E-state index in [2.05, 4.69) is 28.3 Å². The molecular weight excluding hydrogens is 250 g/mol. The largest absolute Gasteiger partial charge is 0.494 e. The second-order valence-corrected chi connectivity index (χ2v) is 4.50. The lowest BCUT2D eigenvalue weighted by atomic mass is 10.0. The summed E-state index contributed by atoms with van der Waals surface area (Å²) in [5, 5.41) is 4.21. The van der Waals surface area contributed by atoms with Gasteiger partial charge in [-0.3, -0.25) is 9.67 Å². The van der Waals surface area contributed by atoms with Crippen LogP contribution in [0.15, 0.2) is 55.0 Å². The summed E-state index contributed by atoms with van der Waals surface area (Å²) in [5.41, 5.74) is 4.34. The maximum absolute atomic E-state index is 5.37. The average Bonchev–Trinajstić information content (AvgIpc) is 2.93. The van der Waals surface area contributed by atoms with Crippen molar-refractivity contribution in [2.75, 3.05) is 7.11 Å². The maximum Gasteiger partial charge on any atom is 0.144 e. The standard InChI is InChI=1S/C16H15N3O/c1-19-15(7-9-18-19)13-5-3-4-12(10-13)14-6-8-17-11-16(14)20-2/h3-11H,1-2H3. The first kappa shape index (κ1) is 12.4. The van der Waals surface area contributed by atoms with Crippen molar-refractivity contribution in [1.29, 1.82) is 0 Å². The highest BCUT2D eigenvalue weighted by atomic mass is 16.5. The van der Waals surface area contributed by atoms with Crippen LogP contribution < -0.4 is 4.74 Å². The number of methoxy groups -OCH3 is 1. The molecule has 0 amide bonds. The van der Waals surface area contributed by atoms with Crippen LogP contribution in [-0.2, 0) is 7.05 Å². The van der Waals surface area contributed by atoms with Crippen LogP contribution in [0.25, 0.3) is 22.4 Å². The van der Waals surface area contributed by atoms with Crippen LogP contribution in [0.5, 0.6) is 5.75 Å². The van der Waals surface area contributed by atoms with Crippen LogP contribution in [0.1, 0.15) is 0 Å². The van der Waals surface area contributed by atoms with Crippen molar-refractivity contribution in [2.45, 2.75) is 0 Å². The van der Waals surface area contributed by atoms with E-state index in [1.165, 1.54) is 0 Å². The minimum Gasteiger partial charge on any atom is -0.494 e. The molecule has 4 nitrogen and oxygen atoms in total. The first-order valence-corrected chi connectivity index (χ1v) is 6.36. The van der Waals surface area contributed by atoms with Gasteiger partial charge in [-0.25, -0.2) is 0 Å². The number of nitrogens with zero attached hydrogens (tertiary/aromatic N) is 3. The molecule has 0 N–H and O–H groups in total. The van der Waals surface area contributed by atoms with E-state index in [0.29, 0.717) is 0 Å². The molecule has 0 bridgehead atoms. The van der Waals surface area contributed by atoms with Gasteiger partial charge in [0.25, 0.3) is 0 Å². The van der Waals surface area contributed by atoms with E-state index in [4.69, 9.17) is 4.74 Å². The van der Waals surface area contributed by atoms with Crippen molar-refractivity contribution in [3.8, 4) is 28.1 Å². The molecule has 2 heterocycles. The summed E-state index contributed by atoms with van der Waals surface area (Å²) >= 11 is 0. The van der Waals surface area contributed by atoms with E-state index < -0.39 is 0 Å². The first-order chi connectivity index (χ1) is 9.79. The molecule has 2 aromatic heterocycles. The zero-order chi connectivity index (χ0) is 13.9. The van der Waals surface area contributed by atoms with Crippen LogP contribution in [0.2, 0.25) is 0 Å². The lowest BCUT2D eigenvalue weighted by molar-refractivity contribution is 0.414. The number of rotatable bonds is 3. The molecule has 0 fully saturated rings. The summed E-state index contributed by atoms with van der Waals surface area (Å²) in [4.78, 5) is 4.09. The van der Waals surface area contributed by atoms with Crippen LogP contribution in [0.4, 0.5) is 0 Å². The Bertz CT molecular complexity index is 734. The molecule has 0 saturated heterocycles. The normalized spacial score (nSPS) is 10.5. The zero-order valence-corrected chi connectivity index (χ0v) is 11.4. The molecule has 20 heavy (non-hydrogen) atoms. The van der Waals surface area contributed by atoms with Gasteiger partial charge < -0.3 is 4.74 Å². The second kappa shape index (κ2) is 5.17. The van der Waals surface area contributed by atoms with Gasteiger partial charge in [0, 0.05) is 30.6 Å². The molecule has 0 aliphatic carbocycles. The smallest absolute Gasteiger partial charge is 0.144 e. The van der Waals surface area contributed by atoms with Gasteiger partial charge in [-0.2, -0.15) is 5.10 Å². The van der Waals surface area contributed by atoms with Crippen molar-refractivity contribution in [1.82, 2.24) is 14.8 Å². The van der Waals surface area contributed by atoms with Gasteiger partial charge in [0.15, 0.2) is 0 Å². The highest BCUT2D eigenvalue weighted by molar-refractivity contribution is 5.74. The second-order valence-electron chi connectivity index (χ2n) is 4.50. The van der Waals surface area contributed by atoms with Crippen molar-refractivity contribution in [2.24, 2.45) is 7.05 Å². The van der Waals surface area contributed by atoms with E-state index in [1.807, 2.05) is 29.9 Å². The van der Waals surface area contributed by atoms with Gasteiger partial charge in [-0.1, -0.05) is 18.2 Å². The van der Waals surface area contributed by atoms with Crippen molar-refractivity contribution < 1.29 is 4.74 Å². The van der Waals surface area contributed by atoms with Crippen LogP contribution in [0.3, 0.4) is 0 Å². The Balaban J connectivity index is 2.10. The predicted molar refractivity (Wildman–Crippen MR) is 78.4 cm³/mol. The Kier molecular flexibility index (Phi) is 3.21. The topological polar surface area (TPSA) is 39.9 Å². The fourth-order valence-corrected chi connectivity index (χ4v) is 2.28. The molecule has 3 aromatic rings. The number of benzene rings is 1. The fourth-order valence-electron chi connectivity index (χ4n) is 2.28.